The van der Waals surface area contributed by atoms with Crippen molar-refractivity contribution in [2.45, 2.75) is 58.9 Å². The van der Waals surface area contributed by atoms with E-state index in [2.05, 4.69) is 24.4 Å². The summed E-state index contributed by atoms with van der Waals surface area (Å²) in [4.78, 5) is 12.0. The van der Waals surface area contributed by atoms with E-state index in [-0.39, 0.29) is 11.4 Å². The zero-order chi connectivity index (χ0) is 16.2. The average Bonchev–Trinajstić information content (AvgIpc) is 2.89. The first-order valence-electron chi connectivity index (χ1n) is 8.18. The van der Waals surface area contributed by atoms with Gasteiger partial charge in [-0.25, -0.2) is 0 Å². The Morgan fingerprint density at radius 1 is 1.36 bits per heavy atom. The minimum absolute atomic E-state index is 0.0505. The van der Waals surface area contributed by atoms with Crippen LogP contribution in [0, 0.1) is 0 Å². The molecule has 1 aromatic rings. The highest BCUT2D eigenvalue weighted by molar-refractivity contribution is 5.92. The molecule has 0 fully saturated rings. The molecule has 2 rings (SSSR count). The first-order chi connectivity index (χ1) is 10.4. The van der Waals surface area contributed by atoms with Gasteiger partial charge in [-0.05, 0) is 56.9 Å². The fraction of sp³-hybridized carbons (Fsp3) is 0.526. The van der Waals surface area contributed by atoms with E-state index < -0.39 is 0 Å². The number of hydrogen-bond acceptors (Lipinski definition) is 2. The zero-order valence-electron chi connectivity index (χ0n) is 14.2. The van der Waals surface area contributed by atoms with E-state index in [4.69, 9.17) is 4.74 Å². The van der Waals surface area contributed by atoms with Crippen LogP contribution in [0.15, 0.2) is 18.2 Å². The molecule has 3 heteroatoms. The maximum atomic E-state index is 12.0. The van der Waals surface area contributed by atoms with E-state index in [0.717, 1.165) is 31.6 Å². The Morgan fingerprint density at radius 3 is 2.82 bits per heavy atom. The van der Waals surface area contributed by atoms with Gasteiger partial charge in [0.05, 0.1) is 6.61 Å². The molecule has 1 N–H and O–H groups in total. The van der Waals surface area contributed by atoms with Crippen LogP contribution in [0.25, 0.3) is 6.08 Å². The third kappa shape index (κ3) is 4.36. The average molecular weight is 301 g/mol. The van der Waals surface area contributed by atoms with E-state index in [0.29, 0.717) is 0 Å². The first-order valence-corrected chi connectivity index (χ1v) is 8.18. The summed E-state index contributed by atoms with van der Waals surface area (Å²) in [6.07, 6.45) is 7.91. The molecule has 120 valence electrons. The molecule has 0 spiro atoms. The summed E-state index contributed by atoms with van der Waals surface area (Å²) in [5.74, 6) is 0.918. The molecule has 3 nitrogen and oxygen atoms in total. The number of carbonyl (C=O) groups is 1. The van der Waals surface area contributed by atoms with Crippen LogP contribution in [0.1, 0.15) is 57.2 Å². The predicted octanol–water partition coefficient (Wildman–Crippen LogP) is 3.89. The largest absolute Gasteiger partial charge is 0.493 e. The second-order valence-electron chi connectivity index (χ2n) is 6.89. The SMILES string of the molecule is CCCCc1ccc2c(c1/C=C/C(=O)NC(C)(C)C)CCO2. The number of aryl methyl sites for hydroxylation is 1. The highest BCUT2D eigenvalue weighted by Gasteiger charge is 2.18. The minimum Gasteiger partial charge on any atom is -0.493 e. The Kier molecular flexibility index (Phi) is 5.28. The van der Waals surface area contributed by atoms with Gasteiger partial charge < -0.3 is 10.1 Å². The van der Waals surface area contributed by atoms with Gasteiger partial charge in [0.25, 0.3) is 0 Å². The van der Waals surface area contributed by atoms with Crippen LogP contribution >= 0.6 is 0 Å². The standard InChI is InChI=1S/C19H27NO2/c1-5-6-7-14-8-10-17-16(12-13-22-17)15(14)9-11-18(21)20-19(2,3)4/h8-11H,5-7,12-13H2,1-4H3,(H,20,21)/b11-9+. The fourth-order valence-corrected chi connectivity index (χ4v) is 2.71. The molecular weight excluding hydrogens is 274 g/mol. The van der Waals surface area contributed by atoms with Gasteiger partial charge in [0.15, 0.2) is 0 Å². The summed E-state index contributed by atoms with van der Waals surface area (Å²) >= 11 is 0. The number of hydrogen-bond donors (Lipinski definition) is 1. The van der Waals surface area contributed by atoms with Gasteiger partial charge in [-0.3, -0.25) is 4.79 Å². The normalized spacial score (nSPS) is 14.0. The molecule has 0 bridgehead atoms. The van der Waals surface area contributed by atoms with Crippen LogP contribution in [-0.4, -0.2) is 18.1 Å². The molecular formula is C19H27NO2. The maximum Gasteiger partial charge on any atom is 0.244 e. The second-order valence-corrected chi connectivity index (χ2v) is 6.89. The smallest absolute Gasteiger partial charge is 0.244 e. The van der Waals surface area contributed by atoms with Gasteiger partial charge in [0.2, 0.25) is 5.91 Å². The van der Waals surface area contributed by atoms with Crippen molar-refractivity contribution in [2.24, 2.45) is 0 Å². The van der Waals surface area contributed by atoms with Crippen molar-refractivity contribution < 1.29 is 9.53 Å². The monoisotopic (exact) mass is 301 g/mol. The van der Waals surface area contributed by atoms with Gasteiger partial charge >= 0.3 is 0 Å². The van der Waals surface area contributed by atoms with Crippen molar-refractivity contribution >= 4 is 12.0 Å². The third-order valence-corrected chi connectivity index (χ3v) is 3.71. The van der Waals surface area contributed by atoms with E-state index in [1.54, 1.807) is 6.08 Å². The lowest BCUT2D eigenvalue weighted by molar-refractivity contribution is -0.117. The van der Waals surface area contributed by atoms with Crippen molar-refractivity contribution in [3.8, 4) is 5.75 Å². The molecule has 1 heterocycles. The van der Waals surface area contributed by atoms with Gasteiger partial charge in [0.1, 0.15) is 5.75 Å². The lowest BCUT2D eigenvalue weighted by Gasteiger charge is -2.19. The number of benzene rings is 1. The lowest BCUT2D eigenvalue weighted by Crippen LogP contribution is -2.39. The molecule has 0 saturated heterocycles. The van der Waals surface area contributed by atoms with Crippen molar-refractivity contribution in [1.82, 2.24) is 5.32 Å². The molecule has 0 unspecified atom stereocenters. The summed E-state index contributed by atoms with van der Waals surface area (Å²) in [5.41, 5.74) is 3.51. The Labute approximate surface area is 133 Å². The molecule has 0 radical (unpaired) electrons. The van der Waals surface area contributed by atoms with Crippen LogP contribution < -0.4 is 10.1 Å². The Bertz CT molecular complexity index is 568. The van der Waals surface area contributed by atoms with E-state index in [1.165, 1.54) is 23.1 Å². The number of ether oxygens (including phenoxy) is 1. The van der Waals surface area contributed by atoms with Crippen molar-refractivity contribution in [1.29, 1.82) is 0 Å². The Morgan fingerprint density at radius 2 is 2.14 bits per heavy atom. The van der Waals surface area contributed by atoms with E-state index >= 15 is 0 Å². The zero-order valence-corrected chi connectivity index (χ0v) is 14.2. The van der Waals surface area contributed by atoms with Crippen LogP contribution in [0.2, 0.25) is 0 Å². The molecule has 1 amide bonds. The summed E-state index contributed by atoms with van der Waals surface area (Å²) in [5, 5.41) is 2.96. The number of carbonyl (C=O) groups excluding carboxylic acids is 1. The molecule has 1 aliphatic rings. The molecule has 0 aliphatic carbocycles. The summed E-state index contributed by atoms with van der Waals surface area (Å²) in [7, 11) is 0. The van der Waals surface area contributed by atoms with Crippen LogP contribution in [-0.2, 0) is 17.6 Å². The predicted molar refractivity (Wildman–Crippen MR) is 91.2 cm³/mol. The minimum atomic E-state index is -0.214. The highest BCUT2D eigenvalue weighted by atomic mass is 16.5. The van der Waals surface area contributed by atoms with Crippen molar-refractivity contribution in [3.05, 3.63) is 34.9 Å². The highest BCUT2D eigenvalue weighted by Crippen LogP contribution is 2.32. The van der Waals surface area contributed by atoms with E-state index in [9.17, 15) is 4.79 Å². The van der Waals surface area contributed by atoms with E-state index in [1.807, 2.05) is 26.8 Å². The van der Waals surface area contributed by atoms with Crippen LogP contribution in [0.4, 0.5) is 0 Å². The number of unbranched alkanes of at least 4 members (excludes halogenated alkanes) is 1. The Hall–Kier alpha value is -1.77. The number of nitrogens with one attached hydrogen (secondary N) is 1. The van der Waals surface area contributed by atoms with Crippen molar-refractivity contribution in [2.75, 3.05) is 6.61 Å². The van der Waals surface area contributed by atoms with Crippen LogP contribution in [0.3, 0.4) is 0 Å². The molecule has 0 atom stereocenters. The third-order valence-electron chi connectivity index (χ3n) is 3.71. The quantitative estimate of drug-likeness (QED) is 0.838. The summed E-state index contributed by atoms with van der Waals surface area (Å²) < 4.78 is 5.65. The summed E-state index contributed by atoms with van der Waals surface area (Å²) in [6, 6.07) is 4.21. The summed E-state index contributed by atoms with van der Waals surface area (Å²) in [6.45, 7) is 8.89. The van der Waals surface area contributed by atoms with Gasteiger partial charge in [-0.1, -0.05) is 19.4 Å². The first kappa shape index (κ1) is 16.6. The number of rotatable bonds is 5. The lowest BCUT2D eigenvalue weighted by atomic mass is 9.95. The molecule has 1 aromatic carbocycles. The molecule has 0 saturated carbocycles. The van der Waals surface area contributed by atoms with Gasteiger partial charge in [0, 0.05) is 23.6 Å². The topological polar surface area (TPSA) is 38.3 Å². The van der Waals surface area contributed by atoms with Gasteiger partial charge in [-0.15, -0.1) is 0 Å². The molecule has 1 aliphatic heterocycles. The molecule has 0 aromatic heterocycles. The fourth-order valence-electron chi connectivity index (χ4n) is 2.71. The number of fused-ring (bicyclic) bond motifs is 1. The number of amides is 1. The second kappa shape index (κ2) is 6.99. The molecule has 22 heavy (non-hydrogen) atoms. The van der Waals surface area contributed by atoms with Gasteiger partial charge in [-0.2, -0.15) is 0 Å². The van der Waals surface area contributed by atoms with Crippen LogP contribution in [0.5, 0.6) is 5.75 Å². The maximum absolute atomic E-state index is 12.0. The Balaban J connectivity index is 2.24. The van der Waals surface area contributed by atoms with Crippen molar-refractivity contribution in [3.63, 3.8) is 0 Å².